The fourth-order valence-electron chi connectivity index (χ4n) is 1.16. The molecule has 0 heterocycles. The first-order chi connectivity index (χ1) is 7.51. The maximum Gasteiger partial charge on any atom is 0.338 e. The van der Waals surface area contributed by atoms with E-state index in [2.05, 4.69) is 4.74 Å². The van der Waals surface area contributed by atoms with Gasteiger partial charge in [-0.05, 0) is 12.1 Å². The largest absolute Gasteiger partial charge is 0.507 e. The highest BCUT2D eigenvalue weighted by Gasteiger charge is 2.21. The Morgan fingerprint density at radius 3 is 2.62 bits per heavy atom. The Balaban J connectivity index is 3.43. The topological polar surface area (TPSA) is 70.3 Å². The van der Waals surface area contributed by atoms with Gasteiger partial charge in [0.15, 0.2) is 0 Å². The smallest absolute Gasteiger partial charge is 0.338 e. The summed E-state index contributed by atoms with van der Waals surface area (Å²) in [7, 11) is 1.03. The van der Waals surface area contributed by atoms with Crippen molar-refractivity contribution in [3.63, 3.8) is 0 Å². The predicted molar refractivity (Wildman–Crippen MR) is 49.1 cm³/mol. The standard InChI is InChI=1S/C10H7F2NO3/c1-16-10(15)7-3-8(14)5(4-13)2-6(7)9(11)12/h2-3,9,14H,1H3. The summed E-state index contributed by atoms with van der Waals surface area (Å²) >= 11 is 0. The van der Waals surface area contributed by atoms with Crippen LogP contribution in [-0.2, 0) is 4.74 Å². The van der Waals surface area contributed by atoms with E-state index in [1.807, 2.05) is 0 Å². The summed E-state index contributed by atoms with van der Waals surface area (Å²) in [5.74, 6) is -1.53. The first-order valence-electron chi connectivity index (χ1n) is 4.14. The zero-order chi connectivity index (χ0) is 12.3. The van der Waals surface area contributed by atoms with Crippen LogP contribution in [0.15, 0.2) is 12.1 Å². The van der Waals surface area contributed by atoms with Crippen LogP contribution in [0.5, 0.6) is 5.75 Å². The molecule has 0 amide bonds. The van der Waals surface area contributed by atoms with Crippen molar-refractivity contribution in [1.29, 1.82) is 5.26 Å². The Kier molecular flexibility index (Phi) is 3.40. The van der Waals surface area contributed by atoms with Crippen molar-refractivity contribution in [1.82, 2.24) is 0 Å². The van der Waals surface area contributed by atoms with Crippen molar-refractivity contribution >= 4 is 5.97 Å². The van der Waals surface area contributed by atoms with Gasteiger partial charge in [-0.2, -0.15) is 5.26 Å². The maximum atomic E-state index is 12.6. The van der Waals surface area contributed by atoms with Crippen molar-refractivity contribution in [2.24, 2.45) is 0 Å². The SMILES string of the molecule is COC(=O)c1cc(O)c(C#N)cc1C(F)F. The zero-order valence-electron chi connectivity index (χ0n) is 8.20. The number of halogens is 2. The molecule has 0 unspecified atom stereocenters. The van der Waals surface area contributed by atoms with Crippen LogP contribution in [0, 0.1) is 11.3 Å². The van der Waals surface area contributed by atoms with Gasteiger partial charge in [-0.3, -0.25) is 0 Å². The van der Waals surface area contributed by atoms with E-state index in [0.29, 0.717) is 0 Å². The molecule has 84 valence electrons. The summed E-state index contributed by atoms with van der Waals surface area (Å²) in [6.07, 6.45) is -2.93. The molecule has 0 aliphatic heterocycles. The van der Waals surface area contributed by atoms with Gasteiger partial charge in [-0.25, -0.2) is 13.6 Å². The van der Waals surface area contributed by atoms with E-state index in [1.165, 1.54) is 6.07 Å². The van der Waals surface area contributed by atoms with Gasteiger partial charge in [0, 0.05) is 5.56 Å². The van der Waals surface area contributed by atoms with Gasteiger partial charge in [0.25, 0.3) is 6.43 Å². The first-order valence-corrected chi connectivity index (χ1v) is 4.14. The summed E-state index contributed by atoms with van der Waals surface area (Å²) in [4.78, 5) is 11.1. The molecule has 0 aliphatic rings. The lowest BCUT2D eigenvalue weighted by atomic mass is 10.0. The number of esters is 1. The molecule has 0 bridgehead atoms. The fourth-order valence-corrected chi connectivity index (χ4v) is 1.16. The number of aromatic hydroxyl groups is 1. The van der Waals surface area contributed by atoms with Crippen molar-refractivity contribution in [2.75, 3.05) is 7.11 Å². The maximum absolute atomic E-state index is 12.6. The van der Waals surface area contributed by atoms with Crippen LogP contribution < -0.4 is 0 Å². The van der Waals surface area contributed by atoms with E-state index in [1.54, 1.807) is 0 Å². The molecule has 0 spiro atoms. The van der Waals surface area contributed by atoms with Gasteiger partial charge in [0.05, 0.1) is 18.2 Å². The molecule has 1 N–H and O–H groups in total. The van der Waals surface area contributed by atoms with Gasteiger partial charge in [-0.15, -0.1) is 0 Å². The van der Waals surface area contributed by atoms with Crippen LogP contribution >= 0.6 is 0 Å². The first kappa shape index (κ1) is 11.9. The lowest BCUT2D eigenvalue weighted by Crippen LogP contribution is -2.06. The third kappa shape index (κ3) is 2.08. The molecule has 0 saturated carbocycles. The average molecular weight is 227 g/mol. The molecule has 0 aliphatic carbocycles. The predicted octanol–water partition coefficient (Wildman–Crippen LogP) is 1.99. The number of phenolic OH excluding ortho intramolecular Hbond substituents is 1. The summed E-state index contributed by atoms with van der Waals surface area (Å²) in [6.45, 7) is 0. The molecule has 0 radical (unpaired) electrons. The van der Waals surface area contributed by atoms with Crippen LogP contribution in [0.1, 0.15) is 27.9 Å². The summed E-state index contributed by atoms with van der Waals surface area (Å²) in [5.41, 5.74) is -1.40. The highest BCUT2D eigenvalue weighted by Crippen LogP contribution is 2.29. The minimum atomic E-state index is -2.93. The number of hydrogen-bond donors (Lipinski definition) is 1. The number of ether oxygens (including phenoxy) is 1. The van der Waals surface area contributed by atoms with E-state index in [0.717, 1.165) is 19.2 Å². The van der Waals surface area contributed by atoms with E-state index in [9.17, 15) is 18.7 Å². The second kappa shape index (κ2) is 4.57. The van der Waals surface area contributed by atoms with Crippen LogP contribution in [0.25, 0.3) is 0 Å². The minimum Gasteiger partial charge on any atom is -0.507 e. The summed E-state index contributed by atoms with van der Waals surface area (Å²) in [6, 6.07) is 3.11. The number of alkyl halides is 2. The number of methoxy groups -OCH3 is 1. The van der Waals surface area contributed by atoms with Crippen molar-refractivity contribution < 1.29 is 23.4 Å². The van der Waals surface area contributed by atoms with Crippen LogP contribution in [-0.4, -0.2) is 18.2 Å². The van der Waals surface area contributed by atoms with Gasteiger partial charge in [0.1, 0.15) is 11.8 Å². The van der Waals surface area contributed by atoms with E-state index in [-0.39, 0.29) is 5.56 Å². The monoisotopic (exact) mass is 227 g/mol. The molecular formula is C10H7F2NO3. The number of nitrogens with zero attached hydrogens (tertiary/aromatic N) is 1. The van der Waals surface area contributed by atoms with Gasteiger partial charge in [-0.1, -0.05) is 0 Å². The number of benzene rings is 1. The molecule has 1 rings (SSSR count). The number of phenols is 1. The van der Waals surface area contributed by atoms with Crippen LogP contribution in [0.4, 0.5) is 8.78 Å². The average Bonchev–Trinajstić information content (AvgIpc) is 2.27. The lowest BCUT2D eigenvalue weighted by molar-refractivity contribution is 0.0589. The molecule has 16 heavy (non-hydrogen) atoms. The number of rotatable bonds is 2. The summed E-state index contributed by atoms with van der Waals surface area (Å²) < 4.78 is 29.4. The van der Waals surface area contributed by atoms with Gasteiger partial charge < -0.3 is 9.84 Å². The second-order valence-corrected chi connectivity index (χ2v) is 2.86. The molecule has 1 aromatic carbocycles. The molecule has 0 aromatic heterocycles. The van der Waals surface area contributed by atoms with E-state index >= 15 is 0 Å². The quantitative estimate of drug-likeness (QED) is 0.784. The van der Waals surface area contributed by atoms with E-state index < -0.39 is 29.3 Å². The molecule has 1 aromatic rings. The number of carbonyl (C=O) groups excluding carboxylic acids is 1. The Bertz CT molecular complexity index is 466. The molecule has 0 fully saturated rings. The third-order valence-electron chi connectivity index (χ3n) is 1.93. The fraction of sp³-hybridized carbons (Fsp3) is 0.200. The van der Waals surface area contributed by atoms with E-state index in [4.69, 9.17) is 5.26 Å². The van der Waals surface area contributed by atoms with Gasteiger partial charge >= 0.3 is 5.97 Å². The highest BCUT2D eigenvalue weighted by molar-refractivity contribution is 5.92. The normalized spacial score (nSPS) is 9.94. The zero-order valence-corrected chi connectivity index (χ0v) is 8.20. The van der Waals surface area contributed by atoms with Crippen LogP contribution in [0.2, 0.25) is 0 Å². The van der Waals surface area contributed by atoms with Crippen molar-refractivity contribution in [2.45, 2.75) is 6.43 Å². The Labute approximate surface area is 89.7 Å². The number of hydrogen-bond acceptors (Lipinski definition) is 4. The molecule has 4 nitrogen and oxygen atoms in total. The van der Waals surface area contributed by atoms with Crippen molar-refractivity contribution in [3.8, 4) is 11.8 Å². The highest BCUT2D eigenvalue weighted by atomic mass is 19.3. The second-order valence-electron chi connectivity index (χ2n) is 2.86. The summed E-state index contributed by atoms with van der Waals surface area (Å²) in [5, 5.41) is 17.8. The number of nitriles is 1. The van der Waals surface area contributed by atoms with Crippen molar-refractivity contribution in [3.05, 3.63) is 28.8 Å². The van der Waals surface area contributed by atoms with Crippen LogP contribution in [0.3, 0.4) is 0 Å². The number of carbonyl (C=O) groups is 1. The minimum absolute atomic E-state index is 0.317. The lowest BCUT2D eigenvalue weighted by Gasteiger charge is -2.08. The Morgan fingerprint density at radius 1 is 1.56 bits per heavy atom. The molecule has 0 atom stereocenters. The van der Waals surface area contributed by atoms with Gasteiger partial charge in [0.2, 0.25) is 0 Å². The molecule has 0 saturated heterocycles. The Hall–Kier alpha value is -2.16. The third-order valence-corrected chi connectivity index (χ3v) is 1.93. The molecular weight excluding hydrogens is 220 g/mol. The molecule has 6 heteroatoms. The Morgan fingerprint density at radius 2 is 2.19 bits per heavy atom.